The summed E-state index contributed by atoms with van der Waals surface area (Å²) < 4.78 is 40.1. The van der Waals surface area contributed by atoms with E-state index in [4.69, 9.17) is 21.0 Å². The molecule has 2 saturated heterocycles. The predicted octanol–water partition coefficient (Wildman–Crippen LogP) is -2.55. The number of hydrogen-bond acceptors (Lipinski definition) is 15. The molecule has 0 aliphatic carbocycles. The van der Waals surface area contributed by atoms with Crippen molar-refractivity contribution in [1.29, 1.82) is 0 Å². The molecule has 1 unspecified atom stereocenters. The molecule has 2 aliphatic rings. The second kappa shape index (κ2) is 13.4. The summed E-state index contributed by atoms with van der Waals surface area (Å²) in [6.07, 6.45) is 0.692. The molecule has 4 heterocycles. The van der Waals surface area contributed by atoms with E-state index in [0.29, 0.717) is 11.4 Å². The van der Waals surface area contributed by atoms with Crippen LogP contribution in [0.15, 0.2) is 52.4 Å². The fourth-order valence-corrected chi connectivity index (χ4v) is 5.68. The highest BCUT2D eigenvalue weighted by atomic mass is 32.2. The number of carbonyl (C=O) groups excluding carboxylic acids is 2. The van der Waals surface area contributed by atoms with Crippen LogP contribution in [0.3, 0.4) is 0 Å². The van der Waals surface area contributed by atoms with Crippen molar-refractivity contribution in [3.8, 4) is 5.75 Å². The van der Waals surface area contributed by atoms with Gasteiger partial charge in [0, 0.05) is 24.0 Å². The van der Waals surface area contributed by atoms with E-state index >= 15 is 0 Å². The standard InChI is InChI=1S/C24H27N11O9S2/c25-20(30-13-5-27-6-13)12-1-3-14(4-2-12)43-8-17(23(38)39)44-33-18(15-9-45-24(26)31-15)21(36)32-19-16(7-34-11-28-10-29-34)35(22(19)37)46(40,41)42/h1-4,9-11,13,16-17,19,27H,5-8H2,(H2,25,30)(H2,26,31)(H,32,36)(H,38,39)(H,40,41,42)/b33-18-/t16-,17-,19?/m0/s1. The summed E-state index contributed by atoms with van der Waals surface area (Å²) >= 11 is 0.938. The minimum atomic E-state index is -4.98. The molecule has 8 N–H and O–H groups in total. The number of nitrogens with zero attached hydrogens (tertiary/aromatic N) is 7. The molecule has 5 rings (SSSR count). The number of carbonyl (C=O) groups is 3. The number of ether oxygens (including phenoxy) is 1. The minimum absolute atomic E-state index is 0.0356. The molecule has 2 fully saturated rings. The van der Waals surface area contributed by atoms with Gasteiger partial charge in [-0.25, -0.2) is 19.1 Å². The van der Waals surface area contributed by atoms with E-state index < -0.39 is 58.6 Å². The van der Waals surface area contributed by atoms with Crippen molar-refractivity contribution < 1.29 is 42.0 Å². The molecular formula is C24H27N11O9S2. The maximum atomic E-state index is 13.3. The van der Waals surface area contributed by atoms with Gasteiger partial charge >= 0.3 is 16.3 Å². The number of nitrogens with two attached hydrogens (primary N) is 2. The summed E-state index contributed by atoms with van der Waals surface area (Å²) in [6.45, 7) is 0.694. The summed E-state index contributed by atoms with van der Waals surface area (Å²) in [5.74, 6) is -3.06. The Morgan fingerprint density at radius 2 is 2.00 bits per heavy atom. The first-order valence-corrected chi connectivity index (χ1v) is 15.6. The first-order chi connectivity index (χ1) is 21.9. The number of thiazole rings is 1. The van der Waals surface area contributed by atoms with Gasteiger partial charge in [0.15, 0.2) is 10.8 Å². The van der Waals surface area contributed by atoms with Crippen molar-refractivity contribution in [2.45, 2.75) is 30.8 Å². The van der Waals surface area contributed by atoms with Crippen molar-refractivity contribution >= 4 is 56.1 Å². The number of benzene rings is 1. The van der Waals surface area contributed by atoms with Gasteiger partial charge in [0.2, 0.25) is 0 Å². The lowest BCUT2D eigenvalue weighted by molar-refractivity contribution is -0.152. The Morgan fingerprint density at radius 1 is 1.26 bits per heavy atom. The van der Waals surface area contributed by atoms with Crippen LogP contribution in [0.4, 0.5) is 5.13 Å². The Morgan fingerprint density at radius 3 is 2.57 bits per heavy atom. The summed E-state index contributed by atoms with van der Waals surface area (Å²) in [7, 11) is -4.98. The van der Waals surface area contributed by atoms with Gasteiger partial charge in [0.05, 0.1) is 18.6 Å². The van der Waals surface area contributed by atoms with Gasteiger partial charge in [-0.3, -0.25) is 23.8 Å². The molecule has 3 atom stereocenters. The highest BCUT2D eigenvalue weighted by Gasteiger charge is 2.54. The first-order valence-electron chi connectivity index (χ1n) is 13.3. The predicted molar refractivity (Wildman–Crippen MR) is 159 cm³/mol. The molecular weight excluding hydrogens is 650 g/mol. The second-order valence-electron chi connectivity index (χ2n) is 9.85. The molecule has 22 heteroatoms. The number of hydrogen-bond donors (Lipinski definition) is 6. The lowest BCUT2D eigenvalue weighted by Crippen LogP contribution is -2.73. The average molecular weight is 678 g/mol. The third-order valence-electron chi connectivity index (χ3n) is 6.70. The van der Waals surface area contributed by atoms with Crippen molar-refractivity contribution in [3.63, 3.8) is 0 Å². The number of carboxylic acid groups (broad SMARTS) is 1. The van der Waals surface area contributed by atoms with Crippen LogP contribution in [-0.2, 0) is 36.1 Å². The molecule has 0 bridgehead atoms. The number of anilines is 1. The van der Waals surface area contributed by atoms with Gasteiger partial charge in [0.1, 0.15) is 42.6 Å². The van der Waals surface area contributed by atoms with Gasteiger partial charge < -0.3 is 36.8 Å². The molecule has 20 nitrogen and oxygen atoms in total. The fraction of sp³-hybridized carbons (Fsp3) is 0.333. The topological polar surface area (TPSA) is 292 Å². The van der Waals surface area contributed by atoms with Crippen LogP contribution in [0.5, 0.6) is 5.75 Å². The third-order valence-corrected chi connectivity index (χ3v) is 8.33. The van der Waals surface area contributed by atoms with Gasteiger partial charge in [-0.15, -0.1) is 11.3 Å². The van der Waals surface area contributed by atoms with Gasteiger partial charge in [-0.05, 0) is 24.3 Å². The van der Waals surface area contributed by atoms with E-state index in [2.05, 4.69) is 35.8 Å². The molecule has 3 aromatic rings. The average Bonchev–Trinajstić information content (AvgIpc) is 3.66. The molecule has 1 aromatic carbocycles. The Balaban J connectivity index is 1.28. The number of nitrogen functional groups attached to an aromatic ring is 1. The van der Waals surface area contributed by atoms with E-state index in [1.807, 2.05) is 0 Å². The third kappa shape index (κ3) is 7.36. The summed E-state index contributed by atoms with van der Waals surface area (Å²) in [6, 6.07) is 3.80. The zero-order valence-corrected chi connectivity index (χ0v) is 25.2. The Bertz CT molecular complexity index is 1760. The number of oxime groups is 1. The molecule has 46 heavy (non-hydrogen) atoms. The smallest absolute Gasteiger partial charge is 0.362 e. The molecule has 0 spiro atoms. The number of amidine groups is 1. The maximum Gasteiger partial charge on any atom is 0.362 e. The van der Waals surface area contributed by atoms with E-state index in [9.17, 15) is 32.5 Å². The monoisotopic (exact) mass is 677 g/mol. The molecule has 0 saturated carbocycles. The second-order valence-corrected chi connectivity index (χ2v) is 12.0. The highest BCUT2D eigenvalue weighted by molar-refractivity contribution is 7.84. The highest BCUT2D eigenvalue weighted by Crippen LogP contribution is 2.25. The van der Waals surface area contributed by atoms with Gasteiger partial charge in [-0.2, -0.15) is 13.5 Å². The Labute approximate surface area is 264 Å². The zero-order chi connectivity index (χ0) is 33.0. The Hall–Kier alpha value is -5.19. The normalized spacial score (nSPS) is 19.6. The SMILES string of the molecule is NC(=NC1CNC1)c1ccc(OC[C@H](O/N=C(\C(=O)NC2C(=O)N(S(=O)(=O)O)[C@H]2Cn2cncn2)c2csc(N)n2)C(=O)O)cc1. The van der Waals surface area contributed by atoms with Gasteiger partial charge in [-0.1, -0.05) is 5.16 Å². The molecule has 2 aromatic heterocycles. The lowest BCUT2D eigenvalue weighted by atomic mass is 9.98. The number of aliphatic imine (C=N–C) groups is 1. The number of β-lactam (4-membered cyclic amide) rings is 1. The largest absolute Gasteiger partial charge is 0.489 e. The van der Waals surface area contributed by atoms with Crippen LogP contribution in [0.1, 0.15) is 11.3 Å². The van der Waals surface area contributed by atoms with E-state index in [1.54, 1.807) is 24.3 Å². The van der Waals surface area contributed by atoms with Crippen LogP contribution in [-0.4, -0.2) is 115 Å². The number of aromatic nitrogens is 4. The van der Waals surface area contributed by atoms with Crippen LogP contribution in [0, 0.1) is 0 Å². The maximum absolute atomic E-state index is 13.3. The van der Waals surface area contributed by atoms with Gasteiger partial charge in [0.25, 0.3) is 17.9 Å². The lowest BCUT2D eigenvalue weighted by Gasteiger charge is -2.43. The minimum Gasteiger partial charge on any atom is -0.489 e. The number of nitrogens with one attached hydrogen (secondary N) is 2. The molecule has 2 amide bonds. The van der Waals surface area contributed by atoms with Crippen LogP contribution in [0.2, 0.25) is 0 Å². The molecule has 2 aliphatic heterocycles. The molecule has 0 radical (unpaired) electrons. The fourth-order valence-electron chi connectivity index (χ4n) is 4.26. The first kappa shape index (κ1) is 32.2. The van der Waals surface area contributed by atoms with Crippen LogP contribution >= 0.6 is 11.3 Å². The number of carboxylic acids is 1. The van der Waals surface area contributed by atoms with Crippen molar-refractivity contribution in [1.82, 2.24) is 34.7 Å². The Kier molecular flexibility index (Phi) is 9.41. The zero-order valence-electron chi connectivity index (χ0n) is 23.5. The summed E-state index contributed by atoms with van der Waals surface area (Å²) in [5, 5.41) is 24.0. The number of aliphatic carboxylic acids is 1. The summed E-state index contributed by atoms with van der Waals surface area (Å²) in [5.41, 5.74) is 11.7. The van der Waals surface area contributed by atoms with Crippen LogP contribution in [0.25, 0.3) is 0 Å². The van der Waals surface area contributed by atoms with Crippen molar-refractivity contribution in [3.05, 3.63) is 53.6 Å². The van der Waals surface area contributed by atoms with Crippen LogP contribution < -0.4 is 26.8 Å². The number of amides is 2. The quantitative estimate of drug-likeness (QED) is 0.0336. The summed E-state index contributed by atoms with van der Waals surface area (Å²) in [4.78, 5) is 55.2. The number of rotatable bonds is 14. The van der Waals surface area contributed by atoms with E-state index in [0.717, 1.165) is 30.8 Å². The van der Waals surface area contributed by atoms with Crippen molar-refractivity contribution in [2.24, 2.45) is 15.9 Å². The molecule has 244 valence electrons. The van der Waals surface area contributed by atoms with E-state index in [-0.39, 0.29) is 33.5 Å². The van der Waals surface area contributed by atoms with Crippen molar-refractivity contribution in [2.75, 3.05) is 25.4 Å². The van der Waals surface area contributed by atoms with E-state index in [1.165, 1.54) is 16.4 Å².